The Kier molecular flexibility index (Phi) is 4.47. The number of allylic oxidation sites excluding steroid dienone is 1. The Morgan fingerprint density at radius 1 is 1.26 bits per heavy atom. The molecule has 2 aromatic rings. The van der Waals surface area contributed by atoms with Crippen molar-refractivity contribution in [2.75, 3.05) is 27.4 Å². The third-order valence-electron chi connectivity index (χ3n) is 3.27. The molecular formula is C16H15NO5S. The first-order valence-electron chi connectivity index (χ1n) is 6.91. The van der Waals surface area contributed by atoms with Crippen LogP contribution in [0.1, 0.15) is 15.9 Å². The molecule has 7 heteroatoms. The van der Waals surface area contributed by atoms with Crippen LogP contribution in [0.2, 0.25) is 0 Å². The summed E-state index contributed by atoms with van der Waals surface area (Å²) in [6.07, 6.45) is 3.16. The van der Waals surface area contributed by atoms with E-state index in [2.05, 4.69) is 4.37 Å². The second-order valence-corrected chi connectivity index (χ2v) is 5.31. The van der Waals surface area contributed by atoms with Crippen molar-refractivity contribution in [3.8, 4) is 23.1 Å². The van der Waals surface area contributed by atoms with E-state index in [1.807, 2.05) is 6.07 Å². The van der Waals surface area contributed by atoms with Gasteiger partial charge in [0.2, 0.25) is 11.6 Å². The molecule has 6 nitrogen and oxygen atoms in total. The Morgan fingerprint density at radius 2 is 2.09 bits per heavy atom. The number of hydrogen-bond acceptors (Lipinski definition) is 7. The summed E-state index contributed by atoms with van der Waals surface area (Å²) in [5.74, 6) is 1.93. The smallest absolute Gasteiger partial charge is 0.236 e. The Bertz CT molecular complexity index is 736. The molecule has 1 aromatic heterocycles. The SMILES string of the molecule is COc1cc(C=CC(=O)c2csnc2OC)cc2c1OCCO2. The lowest BCUT2D eigenvalue weighted by Gasteiger charge is -2.20. The molecule has 1 aliphatic rings. The quantitative estimate of drug-likeness (QED) is 0.619. The van der Waals surface area contributed by atoms with Crippen molar-refractivity contribution < 1.29 is 23.7 Å². The number of carbonyl (C=O) groups excluding carboxylic acids is 1. The molecule has 0 saturated heterocycles. The maximum atomic E-state index is 12.2. The van der Waals surface area contributed by atoms with Crippen molar-refractivity contribution in [2.24, 2.45) is 0 Å². The fraction of sp³-hybridized carbons (Fsp3) is 0.250. The maximum Gasteiger partial charge on any atom is 0.236 e. The number of nitrogens with zero attached hydrogens (tertiary/aromatic N) is 1. The minimum Gasteiger partial charge on any atom is -0.493 e. The predicted octanol–water partition coefficient (Wildman–Crippen LogP) is 2.83. The van der Waals surface area contributed by atoms with Gasteiger partial charge in [0.25, 0.3) is 0 Å². The number of benzene rings is 1. The van der Waals surface area contributed by atoms with Crippen molar-refractivity contribution in [1.29, 1.82) is 0 Å². The number of ether oxygens (including phenoxy) is 4. The lowest BCUT2D eigenvalue weighted by molar-refractivity contribution is 0.104. The van der Waals surface area contributed by atoms with Gasteiger partial charge in [-0.2, -0.15) is 4.37 Å². The van der Waals surface area contributed by atoms with E-state index >= 15 is 0 Å². The van der Waals surface area contributed by atoms with Gasteiger partial charge < -0.3 is 18.9 Å². The van der Waals surface area contributed by atoms with Gasteiger partial charge in [-0.15, -0.1) is 0 Å². The lowest BCUT2D eigenvalue weighted by Crippen LogP contribution is -2.16. The Balaban J connectivity index is 1.86. The zero-order chi connectivity index (χ0) is 16.2. The number of hydrogen-bond donors (Lipinski definition) is 0. The van der Waals surface area contributed by atoms with E-state index in [4.69, 9.17) is 18.9 Å². The van der Waals surface area contributed by atoms with Gasteiger partial charge in [-0.3, -0.25) is 4.79 Å². The summed E-state index contributed by atoms with van der Waals surface area (Å²) in [6, 6.07) is 3.60. The average Bonchev–Trinajstić information content (AvgIpc) is 3.07. The molecule has 0 fully saturated rings. The molecule has 1 aliphatic heterocycles. The van der Waals surface area contributed by atoms with Gasteiger partial charge >= 0.3 is 0 Å². The molecule has 0 unspecified atom stereocenters. The molecule has 120 valence electrons. The highest BCUT2D eigenvalue weighted by Gasteiger charge is 2.18. The summed E-state index contributed by atoms with van der Waals surface area (Å²) in [5.41, 5.74) is 1.22. The van der Waals surface area contributed by atoms with Crippen molar-refractivity contribution >= 4 is 23.4 Å². The van der Waals surface area contributed by atoms with E-state index < -0.39 is 0 Å². The van der Waals surface area contributed by atoms with Gasteiger partial charge in [-0.25, -0.2) is 0 Å². The average molecular weight is 333 g/mol. The van der Waals surface area contributed by atoms with E-state index in [0.29, 0.717) is 41.9 Å². The molecule has 0 atom stereocenters. The van der Waals surface area contributed by atoms with Crippen LogP contribution in [0.5, 0.6) is 23.1 Å². The van der Waals surface area contributed by atoms with E-state index in [-0.39, 0.29) is 5.78 Å². The minimum atomic E-state index is -0.176. The van der Waals surface area contributed by atoms with Crippen LogP contribution in [0.3, 0.4) is 0 Å². The minimum absolute atomic E-state index is 0.176. The van der Waals surface area contributed by atoms with Gasteiger partial charge in [-0.1, -0.05) is 6.08 Å². The van der Waals surface area contributed by atoms with E-state index in [1.54, 1.807) is 24.6 Å². The number of methoxy groups -OCH3 is 2. The van der Waals surface area contributed by atoms with Crippen LogP contribution in [0.15, 0.2) is 23.6 Å². The van der Waals surface area contributed by atoms with E-state index in [0.717, 1.165) is 5.56 Å². The van der Waals surface area contributed by atoms with E-state index in [1.165, 1.54) is 24.7 Å². The molecule has 0 radical (unpaired) electrons. The number of fused-ring (bicyclic) bond motifs is 1. The lowest BCUT2D eigenvalue weighted by atomic mass is 10.1. The van der Waals surface area contributed by atoms with Gasteiger partial charge in [0, 0.05) is 5.38 Å². The number of carbonyl (C=O) groups is 1. The monoisotopic (exact) mass is 333 g/mol. The third kappa shape index (κ3) is 3.14. The number of aromatic nitrogens is 1. The molecule has 1 aromatic carbocycles. The molecular weight excluding hydrogens is 318 g/mol. The zero-order valence-electron chi connectivity index (χ0n) is 12.7. The Hall–Kier alpha value is -2.54. The molecule has 0 saturated carbocycles. The summed E-state index contributed by atoms with van der Waals surface area (Å²) < 4.78 is 25.5. The molecule has 23 heavy (non-hydrogen) atoms. The zero-order valence-corrected chi connectivity index (χ0v) is 13.5. The first-order valence-corrected chi connectivity index (χ1v) is 7.75. The van der Waals surface area contributed by atoms with Crippen LogP contribution in [-0.2, 0) is 0 Å². The number of rotatable bonds is 5. The first-order chi connectivity index (χ1) is 11.2. The summed E-state index contributed by atoms with van der Waals surface area (Å²) in [4.78, 5) is 12.2. The summed E-state index contributed by atoms with van der Waals surface area (Å²) in [6.45, 7) is 0.974. The highest BCUT2D eigenvalue weighted by molar-refractivity contribution is 7.04. The van der Waals surface area contributed by atoms with Crippen molar-refractivity contribution in [1.82, 2.24) is 4.37 Å². The molecule has 2 heterocycles. The first kappa shape index (κ1) is 15.4. The summed E-state index contributed by atoms with van der Waals surface area (Å²) >= 11 is 1.18. The normalized spacial score (nSPS) is 13.1. The van der Waals surface area contributed by atoms with Crippen LogP contribution in [0, 0.1) is 0 Å². The topological polar surface area (TPSA) is 66.9 Å². The van der Waals surface area contributed by atoms with Gasteiger partial charge in [0.15, 0.2) is 17.3 Å². The summed E-state index contributed by atoms with van der Waals surface area (Å²) in [5, 5.41) is 1.66. The molecule has 0 N–H and O–H groups in total. The number of ketones is 1. The van der Waals surface area contributed by atoms with Crippen molar-refractivity contribution in [2.45, 2.75) is 0 Å². The van der Waals surface area contributed by atoms with Crippen LogP contribution in [0.4, 0.5) is 0 Å². The highest BCUT2D eigenvalue weighted by Crippen LogP contribution is 2.40. The maximum absolute atomic E-state index is 12.2. The van der Waals surface area contributed by atoms with Gasteiger partial charge in [-0.05, 0) is 35.3 Å². The molecule has 0 amide bonds. The molecule has 0 aliphatic carbocycles. The van der Waals surface area contributed by atoms with Gasteiger partial charge in [0.1, 0.15) is 13.2 Å². The fourth-order valence-corrected chi connectivity index (χ4v) is 2.83. The molecule has 3 rings (SSSR count). The largest absolute Gasteiger partial charge is 0.493 e. The second kappa shape index (κ2) is 6.70. The fourth-order valence-electron chi connectivity index (χ4n) is 2.19. The second-order valence-electron chi connectivity index (χ2n) is 4.68. The van der Waals surface area contributed by atoms with Crippen LogP contribution in [0.25, 0.3) is 6.08 Å². The molecule has 0 bridgehead atoms. The summed E-state index contributed by atoms with van der Waals surface area (Å²) in [7, 11) is 3.05. The Morgan fingerprint density at radius 3 is 2.87 bits per heavy atom. The van der Waals surface area contributed by atoms with Crippen LogP contribution < -0.4 is 18.9 Å². The highest BCUT2D eigenvalue weighted by atomic mass is 32.1. The van der Waals surface area contributed by atoms with E-state index in [9.17, 15) is 4.79 Å². The predicted molar refractivity (Wildman–Crippen MR) is 86.0 cm³/mol. The van der Waals surface area contributed by atoms with Crippen molar-refractivity contribution in [3.63, 3.8) is 0 Å². The standard InChI is InChI=1S/C16H15NO5S/c1-19-13-7-10(8-14-15(13)22-6-5-21-14)3-4-12(18)11-9-23-17-16(11)20-2/h3-4,7-9H,5-6H2,1-2H3. The molecule has 0 spiro atoms. The van der Waals surface area contributed by atoms with Crippen LogP contribution in [-0.4, -0.2) is 37.6 Å². The van der Waals surface area contributed by atoms with Crippen molar-refractivity contribution in [3.05, 3.63) is 34.7 Å². The van der Waals surface area contributed by atoms with Crippen LogP contribution >= 0.6 is 11.5 Å². The Labute approximate surface area is 137 Å². The third-order valence-corrected chi connectivity index (χ3v) is 3.89. The van der Waals surface area contributed by atoms with Gasteiger partial charge in [0.05, 0.1) is 19.8 Å².